The second-order valence-electron chi connectivity index (χ2n) is 6.48. The summed E-state index contributed by atoms with van der Waals surface area (Å²) in [7, 11) is 0. The number of carbonyl (C=O) groups is 1. The van der Waals surface area contributed by atoms with Crippen molar-refractivity contribution in [2.45, 2.75) is 51.4 Å². The van der Waals surface area contributed by atoms with E-state index < -0.39 is 0 Å². The van der Waals surface area contributed by atoms with Gasteiger partial charge >= 0.3 is 0 Å². The van der Waals surface area contributed by atoms with Crippen molar-refractivity contribution < 1.29 is 4.79 Å². The molecule has 0 saturated heterocycles. The number of carbonyl (C=O) groups excluding carboxylic acids is 1. The fraction of sp³-hybridized carbons (Fsp3) is 0.471. The van der Waals surface area contributed by atoms with E-state index in [1.165, 1.54) is 11.1 Å². The normalized spacial score (nSPS) is 19.7. The summed E-state index contributed by atoms with van der Waals surface area (Å²) in [5.41, 5.74) is 4.12. The first-order valence-corrected chi connectivity index (χ1v) is 6.43. The average molecular weight is 240 g/mol. The molecule has 0 N–H and O–H groups in total. The van der Waals surface area contributed by atoms with E-state index in [1.807, 2.05) is 6.07 Å². The van der Waals surface area contributed by atoms with Gasteiger partial charge < -0.3 is 0 Å². The van der Waals surface area contributed by atoms with Crippen LogP contribution in [-0.4, -0.2) is 6.29 Å². The van der Waals surface area contributed by atoms with Crippen molar-refractivity contribution >= 4 is 6.29 Å². The van der Waals surface area contributed by atoms with Crippen LogP contribution in [-0.2, 0) is 10.8 Å². The van der Waals surface area contributed by atoms with Gasteiger partial charge in [-0.3, -0.25) is 4.79 Å². The molecule has 18 heavy (non-hydrogen) atoms. The minimum atomic E-state index is 0.0472. The maximum Gasteiger partial charge on any atom is 0.151 e. The van der Waals surface area contributed by atoms with Crippen LogP contribution < -0.4 is 0 Å². The largest absolute Gasteiger partial charge is 0.298 e. The van der Waals surface area contributed by atoms with Crippen molar-refractivity contribution in [3.63, 3.8) is 0 Å². The molecule has 1 heteroatoms. The lowest BCUT2D eigenvalue weighted by atomic mass is 9.61. The highest BCUT2D eigenvalue weighted by Gasteiger charge is 2.38. The molecule has 0 fully saturated rings. The Labute approximate surface area is 110 Å². The second-order valence-corrected chi connectivity index (χ2v) is 6.48. The first-order chi connectivity index (χ1) is 8.33. The van der Waals surface area contributed by atoms with E-state index in [9.17, 15) is 4.79 Å². The number of rotatable bonds is 1. The summed E-state index contributed by atoms with van der Waals surface area (Å²) in [6.45, 7) is 8.94. The summed E-state index contributed by atoms with van der Waals surface area (Å²) in [5.74, 6) is 2.74. The van der Waals surface area contributed by atoms with E-state index in [4.69, 9.17) is 6.42 Å². The molecule has 2 rings (SSSR count). The molecule has 1 aromatic rings. The topological polar surface area (TPSA) is 17.1 Å². The molecule has 0 saturated carbocycles. The smallest absolute Gasteiger partial charge is 0.151 e. The summed E-state index contributed by atoms with van der Waals surface area (Å²) < 4.78 is 0. The van der Waals surface area contributed by atoms with Crippen LogP contribution in [0, 0.1) is 12.3 Å². The van der Waals surface area contributed by atoms with Crippen molar-refractivity contribution in [1.29, 1.82) is 0 Å². The standard InChI is InChI=1S/C17H20O/c1-6-13-12(11-18)7-8-14-15(13)17(4,5)10-9-16(14,2)3/h1,7-8,11H,9-10H2,2-5H3. The van der Waals surface area contributed by atoms with Gasteiger partial charge in [-0.15, -0.1) is 6.42 Å². The quantitative estimate of drug-likeness (QED) is 0.538. The van der Waals surface area contributed by atoms with Gasteiger partial charge in [-0.25, -0.2) is 0 Å². The third-order valence-corrected chi connectivity index (χ3v) is 4.29. The maximum absolute atomic E-state index is 11.1. The summed E-state index contributed by atoms with van der Waals surface area (Å²) in [6.07, 6.45) is 8.77. The Morgan fingerprint density at radius 1 is 1.17 bits per heavy atom. The Kier molecular flexibility index (Phi) is 2.86. The fourth-order valence-corrected chi connectivity index (χ4v) is 3.02. The van der Waals surface area contributed by atoms with Gasteiger partial charge in [-0.05, 0) is 34.8 Å². The van der Waals surface area contributed by atoms with Crippen LogP contribution in [0.4, 0.5) is 0 Å². The van der Waals surface area contributed by atoms with Crippen LogP contribution in [0.3, 0.4) is 0 Å². The molecular weight excluding hydrogens is 220 g/mol. The zero-order valence-electron chi connectivity index (χ0n) is 11.6. The molecule has 0 atom stereocenters. The summed E-state index contributed by atoms with van der Waals surface area (Å²) in [6, 6.07) is 3.95. The number of hydrogen-bond donors (Lipinski definition) is 0. The molecule has 1 aliphatic carbocycles. The number of aldehydes is 1. The predicted molar refractivity (Wildman–Crippen MR) is 75.1 cm³/mol. The SMILES string of the molecule is C#Cc1c(C=O)ccc2c1C(C)(C)CCC2(C)C. The van der Waals surface area contributed by atoms with Gasteiger partial charge in [0.1, 0.15) is 0 Å². The third-order valence-electron chi connectivity index (χ3n) is 4.29. The van der Waals surface area contributed by atoms with Gasteiger partial charge in [0, 0.05) is 11.1 Å². The van der Waals surface area contributed by atoms with Crippen LogP contribution in [0.15, 0.2) is 12.1 Å². The van der Waals surface area contributed by atoms with Gasteiger partial charge in [0.2, 0.25) is 0 Å². The van der Waals surface area contributed by atoms with Crippen molar-refractivity contribution in [1.82, 2.24) is 0 Å². The molecular formula is C17H20O. The fourth-order valence-electron chi connectivity index (χ4n) is 3.02. The van der Waals surface area contributed by atoms with Crippen LogP contribution in [0.2, 0.25) is 0 Å². The zero-order valence-corrected chi connectivity index (χ0v) is 11.6. The van der Waals surface area contributed by atoms with E-state index in [0.29, 0.717) is 5.56 Å². The van der Waals surface area contributed by atoms with Gasteiger partial charge in [0.05, 0.1) is 0 Å². The van der Waals surface area contributed by atoms with Crippen LogP contribution in [0.5, 0.6) is 0 Å². The van der Waals surface area contributed by atoms with E-state index in [-0.39, 0.29) is 10.8 Å². The van der Waals surface area contributed by atoms with Crippen molar-refractivity contribution in [2.24, 2.45) is 0 Å². The molecule has 1 aromatic carbocycles. The van der Waals surface area contributed by atoms with Crippen molar-refractivity contribution in [3.8, 4) is 12.3 Å². The molecule has 0 aromatic heterocycles. The Balaban J connectivity index is 2.84. The van der Waals surface area contributed by atoms with Crippen molar-refractivity contribution in [2.75, 3.05) is 0 Å². The Hall–Kier alpha value is -1.55. The lowest BCUT2D eigenvalue weighted by molar-refractivity contribution is 0.112. The molecule has 0 spiro atoms. The summed E-state index contributed by atoms with van der Waals surface area (Å²) in [4.78, 5) is 11.1. The minimum Gasteiger partial charge on any atom is -0.298 e. The second kappa shape index (κ2) is 3.99. The van der Waals surface area contributed by atoms with E-state index >= 15 is 0 Å². The highest BCUT2D eigenvalue weighted by molar-refractivity contribution is 5.81. The number of hydrogen-bond acceptors (Lipinski definition) is 1. The lowest BCUT2D eigenvalue weighted by Gasteiger charge is -2.42. The summed E-state index contributed by atoms with van der Waals surface area (Å²) >= 11 is 0. The Morgan fingerprint density at radius 2 is 1.78 bits per heavy atom. The molecule has 0 amide bonds. The molecule has 0 radical (unpaired) electrons. The van der Waals surface area contributed by atoms with Gasteiger partial charge in [-0.2, -0.15) is 0 Å². The lowest BCUT2D eigenvalue weighted by Crippen LogP contribution is -2.35. The molecule has 0 unspecified atom stereocenters. The van der Waals surface area contributed by atoms with Crippen LogP contribution in [0.25, 0.3) is 0 Å². The van der Waals surface area contributed by atoms with Crippen LogP contribution in [0.1, 0.15) is 67.6 Å². The number of terminal acetylenes is 1. The summed E-state index contributed by atoms with van der Waals surface area (Å²) in [5, 5.41) is 0. The zero-order chi connectivity index (χ0) is 13.6. The van der Waals surface area contributed by atoms with E-state index in [1.54, 1.807) is 0 Å². The number of benzene rings is 1. The molecule has 0 heterocycles. The third kappa shape index (κ3) is 1.77. The van der Waals surface area contributed by atoms with Gasteiger partial charge in [0.15, 0.2) is 6.29 Å². The van der Waals surface area contributed by atoms with Crippen molar-refractivity contribution in [3.05, 3.63) is 34.4 Å². The highest BCUT2D eigenvalue weighted by atomic mass is 16.1. The average Bonchev–Trinajstić information content (AvgIpc) is 2.33. The number of fused-ring (bicyclic) bond motifs is 1. The molecule has 1 aliphatic rings. The Bertz CT molecular complexity index is 541. The maximum atomic E-state index is 11.1. The van der Waals surface area contributed by atoms with Gasteiger partial charge in [0.25, 0.3) is 0 Å². The molecule has 94 valence electrons. The van der Waals surface area contributed by atoms with E-state index in [2.05, 4.69) is 39.7 Å². The van der Waals surface area contributed by atoms with Gasteiger partial charge in [-0.1, -0.05) is 45.7 Å². The Morgan fingerprint density at radius 3 is 2.33 bits per heavy atom. The van der Waals surface area contributed by atoms with Crippen LogP contribution >= 0.6 is 0 Å². The predicted octanol–water partition coefficient (Wildman–Crippen LogP) is 3.83. The molecule has 0 aliphatic heterocycles. The van der Waals surface area contributed by atoms with E-state index in [0.717, 1.165) is 24.7 Å². The first-order valence-electron chi connectivity index (χ1n) is 6.43. The highest BCUT2D eigenvalue weighted by Crippen LogP contribution is 2.47. The molecule has 1 nitrogen and oxygen atoms in total. The monoisotopic (exact) mass is 240 g/mol. The molecule has 0 bridgehead atoms. The minimum absolute atomic E-state index is 0.0472. The first kappa shape index (κ1) is 12.9.